The first-order valence-electron chi connectivity index (χ1n) is 6.55. The zero-order valence-electron chi connectivity index (χ0n) is 11.7. The Morgan fingerprint density at radius 1 is 0.842 bits per heavy atom. The molecule has 0 bridgehead atoms. The molecule has 0 spiro atoms. The summed E-state index contributed by atoms with van der Waals surface area (Å²) < 4.78 is 8.78. The predicted octanol–water partition coefficient (Wildman–Crippen LogP) is 4.49. The average Bonchev–Trinajstić information content (AvgIpc) is 2.38. The summed E-state index contributed by atoms with van der Waals surface area (Å²) in [4.78, 5) is 0. The van der Waals surface area contributed by atoms with E-state index in [-0.39, 0.29) is 6.23 Å². The SMILES string of the molecule is CP1(C)(C)OC(c2ccccc2)N1c1ccccc1. The van der Waals surface area contributed by atoms with Gasteiger partial charge in [0.25, 0.3) is 0 Å². The molecule has 1 heterocycles. The maximum absolute atomic E-state index is 6.32. The van der Waals surface area contributed by atoms with Crippen molar-refractivity contribution in [2.45, 2.75) is 6.23 Å². The van der Waals surface area contributed by atoms with Crippen LogP contribution >= 0.6 is 6.98 Å². The third-order valence-electron chi connectivity index (χ3n) is 3.53. The van der Waals surface area contributed by atoms with E-state index in [1.807, 2.05) is 6.07 Å². The molecule has 0 saturated carbocycles. The van der Waals surface area contributed by atoms with Gasteiger partial charge in [-0.1, -0.05) is 0 Å². The number of benzene rings is 2. The normalized spacial score (nSPS) is 25.9. The molecule has 1 unspecified atom stereocenters. The first-order chi connectivity index (χ1) is 8.96. The van der Waals surface area contributed by atoms with E-state index in [9.17, 15) is 0 Å². The summed E-state index contributed by atoms with van der Waals surface area (Å²) >= 11 is 0. The molecule has 3 rings (SSSR count). The summed E-state index contributed by atoms with van der Waals surface area (Å²) in [7, 11) is 0. The molecule has 0 amide bonds. The van der Waals surface area contributed by atoms with E-state index in [0.29, 0.717) is 0 Å². The third-order valence-corrected chi connectivity index (χ3v) is 6.36. The molecule has 1 fully saturated rings. The molecule has 0 aliphatic carbocycles. The first kappa shape index (κ1) is 12.7. The van der Waals surface area contributed by atoms with Crippen LogP contribution in [-0.2, 0) is 4.52 Å². The van der Waals surface area contributed by atoms with E-state index in [1.165, 1.54) is 11.3 Å². The van der Waals surface area contributed by atoms with E-state index < -0.39 is 6.98 Å². The molecule has 2 aromatic carbocycles. The molecule has 1 aliphatic rings. The molecule has 3 heteroatoms. The van der Waals surface area contributed by atoms with Gasteiger partial charge in [0.05, 0.1) is 0 Å². The van der Waals surface area contributed by atoms with Gasteiger partial charge in [-0.05, 0) is 0 Å². The van der Waals surface area contributed by atoms with Crippen molar-refractivity contribution >= 4 is 12.7 Å². The van der Waals surface area contributed by atoms with Gasteiger partial charge in [0, 0.05) is 0 Å². The van der Waals surface area contributed by atoms with Gasteiger partial charge in [0.1, 0.15) is 0 Å². The number of hydrogen-bond acceptors (Lipinski definition) is 2. The Morgan fingerprint density at radius 2 is 1.37 bits per heavy atom. The fraction of sp³-hybridized carbons (Fsp3) is 0.250. The summed E-state index contributed by atoms with van der Waals surface area (Å²) in [6, 6.07) is 21.0. The Balaban J connectivity index is 2.01. The van der Waals surface area contributed by atoms with Crippen molar-refractivity contribution in [2.24, 2.45) is 0 Å². The van der Waals surface area contributed by atoms with Gasteiger partial charge >= 0.3 is 114 Å². The monoisotopic (exact) mass is 273 g/mol. The van der Waals surface area contributed by atoms with E-state index >= 15 is 0 Å². The van der Waals surface area contributed by atoms with Crippen molar-refractivity contribution < 1.29 is 4.52 Å². The molecule has 0 aromatic heterocycles. The summed E-state index contributed by atoms with van der Waals surface area (Å²) in [5.74, 6) is 0. The number of hydrogen-bond donors (Lipinski definition) is 0. The Kier molecular flexibility index (Phi) is 2.70. The van der Waals surface area contributed by atoms with Gasteiger partial charge < -0.3 is 0 Å². The van der Waals surface area contributed by atoms with Crippen LogP contribution < -0.4 is 4.67 Å². The fourth-order valence-electron chi connectivity index (χ4n) is 2.68. The zero-order chi connectivity index (χ0) is 13.5. The molecule has 0 N–H and O–H groups in total. The molecule has 100 valence electrons. The third kappa shape index (κ3) is 2.16. The van der Waals surface area contributed by atoms with Crippen LogP contribution in [0.5, 0.6) is 0 Å². The average molecular weight is 273 g/mol. The van der Waals surface area contributed by atoms with Crippen LogP contribution in [0.1, 0.15) is 11.8 Å². The van der Waals surface area contributed by atoms with Crippen LogP contribution in [0.25, 0.3) is 0 Å². The van der Waals surface area contributed by atoms with E-state index in [1.54, 1.807) is 0 Å². The van der Waals surface area contributed by atoms with Crippen molar-refractivity contribution in [2.75, 3.05) is 24.7 Å². The minimum absolute atomic E-state index is 0.0428. The molecule has 2 aromatic rings. The summed E-state index contributed by atoms with van der Waals surface area (Å²) in [6.07, 6.45) is 0.0428. The maximum atomic E-state index is 6.32. The van der Waals surface area contributed by atoms with Gasteiger partial charge in [-0.25, -0.2) is 0 Å². The van der Waals surface area contributed by atoms with Crippen molar-refractivity contribution in [1.29, 1.82) is 0 Å². The summed E-state index contributed by atoms with van der Waals surface area (Å²) in [5.41, 5.74) is 2.46. The second-order valence-corrected chi connectivity index (χ2v) is 11.9. The van der Waals surface area contributed by atoms with E-state index in [4.69, 9.17) is 4.52 Å². The van der Waals surface area contributed by atoms with Crippen LogP contribution in [0, 0.1) is 0 Å². The van der Waals surface area contributed by atoms with Crippen molar-refractivity contribution in [3.63, 3.8) is 0 Å². The van der Waals surface area contributed by atoms with E-state index in [2.05, 4.69) is 79.3 Å². The van der Waals surface area contributed by atoms with Crippen LogP contribution in [0.15, 0.2) is 60.7 Å². The van der Waals surface area contributed by atoms with Crippen molar-refractivity contribution in [1.82, 2.24) is 0 Å². The zero-order valence-corrected chi connectivity index (χ0v) is 12.5. The Hall–Kier alpha value is -1.37. The summed E-state index contributed by atoms with van der Waals surface area (Å²) in [6.45, 7) is 4.54. The second kappa shape index (κ2) is 4.06. The summed E-state index contributed by atoms with van der Waals surface area (Å²) in [5, 5.41) is 0. The van der Waals surface area contributed by atoms with Gasteiger partial charge in [-0.3, -0.25) is 0 Å². The molecule has 1 atom stereocenters. The van der Waals surface area contributed by atoms with Crippen molar-refractivity contribution in [3.05, 3.63) is 66.2 Å². The van der Waals surface area contributed by atoms with Gasteiger partial charge in [0.2, 0.25) is 0 Å². The van der Waals surface area contributed by atoms with Crippen LogP contribution in [0.2, 0.25) is 0 Å². The topological polar surface area (TPSA) is 12.5 Å². The Bertz CT molecular complexity index is 574. The Labute approximate surface area is 115 Å². The van der Waals surface area contributed by atoms with Gasteiger partial charge in [-0.2, -0.15) is 0 Å². The molecular formula is C16H20NOP. The molecule has 19 heavy (non-hydrogen) atoms. The van der Waals surface area contributed by atoms with Crippen LogP contribution in [0.4, 0.5) is 5.69 Å². The number of para-hydroxylation sites is 1. The van der Waals surface area contributed by atoms with Gasteiger partial charge in [0.15, 0.2) is 0 Å². The van der Waals surface area contributed by atoms with Crippen molar-refractivity contribution in [3.8, 4) is 0 Å². The second-order valence-electron chi connectivity index (χ2n) is 6.12. The Morgan fingerprint density at radius 3 is 1.89 bits per heavy atom. The molecule has 1 aliphatic heterocycles. The van der Waals surface area contributed by atoms with Crippen LogP contribution in [-0.4, -0.2) is 20.0 Å². The molecule has 1 saturated heterocycles. The number of nitrogens with zero attached hydrogens (tertiary/aromatic N) is 1. The predicted molar refractivity (Wildman–Crippen MR) is 83.9 cm³/mol. The van der Waals surface area contributed by atoms with Crippen LogP contribution in [0.3, 0.4) is 0 Å². The van der Waals surface area contributed by atoms with E-state index in [0.717, 1.165) is 0 Å². The molecule has 2 nitrogen and oxygen atoms in total. The molecular weight excluding hydrogens is 253 g/mol. The fourth-order valence-corrected chi connectivity index (χ4v) is 5.37. The number of rotatable bonds is 2. The number of anilines is 1. The quantitative estimate of drug-likeness (QED) is 0.747. The molecule has 0 radical (unpaired) electrons. The van der Waals surface area contributed by atoms with Gasteiger partial charge in [-0.15, -0.1) is 0 Å². The standard InChI is InChI=1S/C16H20NOP/c1-19(2,3)17(15-12-8-5-9-13-15)16(18-19)14-10-6-4-7-11-14/h4-13,16H,1-3H3. The first-order valence-corrected chi connectivity index (χ1v) is 10.0. The minimum atomic E-state index is -2.21.